The molecule has 0 saturated heterocycles. The fraction of sp³-hybridized carbons (Fsp3) is 0.588. The van der Waals surface area contributed by atoms with Crippen molar-refractivity contribution in [3.63, 3.8) is 0 Å². The zero-order chi connectivity index (χ0) is 15.5. The molecule has 21 heavy (non-hydrogen) atoms. The minimum absolute atomic E-state index is 0.302. The Hall–Kier alpha value is -1.71. The standard InChI is InChI=1S/C17H26N2O2/c1-3-4-5-6-7-8-12-16(19-21)17(20)18-15-11-9-10-14(2)13-15/h9-11,13,16H,3-8,12H2,1-2H3,(H,18,20). The number of benzene rings is 1. The number of unbranched alkanes of at least 4 members (excludes halogenated alkanes) is 5. The van der Waals surface area contributed by atoms with E-state index >= 15 is 0 Å². The van der Waals surface area contributed by atoms with Crippen LogP contribution in [0.25, 0.3) is 0 Å². The lowest BCUT2D eigenvalue weighted by molar-refractivity contribution is -0.117. The van der Waals surface area contributed by atoms with E-state index in [1.165, 1.54) is 25.7 Å². The smallest absolute Gasteiger partial charge is 0.252 e. The predicted molar refractivity (Wildman–Crippen MR) is 87.4 cm³/mol. The first-order valence-corrected chi connectivity index (χ1v) is 7.87. The maximum atomic E-state index is 12.0. The number of hydrogen-bond donors (Lipinski definition) is 1. The predicted octanol–water partition coefficient (Wildman–Crippen LogP) is 4.82. The Morgan fingerprint density at radius 2 is 1.90 bits per heavy atom. The summed E-state index contributed by atoms with van der Waals surface area (Å²) in [6.45, 7) is 4.14. The molecule has 0 aliphatic carbocycles. The number of nitrogens with zero attached hydrogens (tertiary/aromatic N) is 1. The molecule has 1 unspecified atom stereocenters. The van der Waals surface area contributed by atoms with Gasteiger partial charge in [0.2, 0.25) is 0 Å². The van der Waals surface area contributed by atoms with E-state index in [-0.39, 0.29) is 5.91 Å². The van der Waals surface area contributed by atoms with Gasteiger partial charge in [0.25, 0.3) is 5.91 Å². The Kier molecular flexibility index (Phi) is 8.32. The maximum absolute atomic E-state index is 12.0. The monoisotopic (exact) mass is 290 g/mol. The summed E-state index contributed by atoms with van der Waals surface area (Å²) >= 11 is 0. The first kappa shape index (κ1) is 17.3. The van der Waals surface area contributed by atoms with Crippen LogP contribution in [0.4, 0.5) is 5.69 Å². The number of amides is 1. The highest BCUT2D eigenvalue weighted by Crippen LogP contribution is 2.14. The van der Waals surface area contributed by atoms with Crippen molar-refractivity contribution in [3.05, 3.63) is 34.7 Å². The number of rotatable bonds is 10. The molecule has 0 radical (unpaired) electrons. The van der Waals surface area contributed by atoms with E-state index in [1.807, 2.05) is 31.2 Å². The SMILES string of the molecule is CCCCCCCCC(N=O)C(=O)Nc1cccc(C)c1. The molecule has 1 aromatic carbocycles. The topological polar surface area (TPSA) is 58.5 Å². The molecule has 116 valence electrons. The van der Waals surface area contributed by atoms with E-state index in [2.05, 4.69) is 17.4 Å². The first-order valence-electron chi connectivity index (χ1n) is 7.87. The quantitative estimate of drug-likeness (QED) is 0.496. The number of carbonyl (C=O) groups is 1. The number of anilines is 1. The molecule has 0 bridgehead atoms. The number of nitroso groups, excluding NO2 is 1. The zero-order valence-electron chi connectivity index (χ0n) is 13.1. The fourth-order valence-corrected chi connectivity index (χ4v) is 2.30. The molecule has 0 aromatic heterocycles. The third-order valence-corrected chi connectivity index (χ3v) is 3.55. The third-order valence-electron chi connectivity index (χ3n) is 3.55. The lowest BCUT2D eigenvalue weighted by atomic mass is 10.1. The molecule has 1 amide bonds. The maximum Gasteiger partial charge on any atom is 0.252 e. The van der Waals surface area contributed by atoms with E-state index in [4.69, 9.17) is 0 Å². The van der Waals surface area contributed by atoms with Crippen LogP contribution >= 0.6 is 0 Å². The summed E-state index contributed by atoms with van der Waals surface area (Å²) in [5.74, 6) is -0.302. The van der Waals surface area contributed by atoms with Crippen molar-refractivity contribution in [3.8, 4) is 0 Å². The van der Waals surface area contributed by atoms with Gasteiger partial charge in [0.05, 0.1) is 0 Å². The van der Waals surface area contributed by atoms with Crippen molar-refractivity contribution in [1.82, 2.24) is 0 Å². The molecule has 0 heterocycles. The van der Waals surface area contributed by atoms with Crippen LogP contribution < -0.4 is 5.32 Å². The minimum atomic E-state index is -0.781. The molecule has 0 saturated carbocycles. The van der Waals surface area contributed by atoms with Crippen LogP contribution in [0, 0.1) is 11.8 Å². The first-order chi connectivity index (χ1) is 10.2. The van der Waals surface area contributed by atoms with Crippen molar-refractivity contribution in [1.29, 1.82) is 0 Å². The summed E-state index contributed by atoms with van der Waals surface area (Å²) in [5.41, 5.74) is 1.79. The molecule has 1 aromatic rings. The van der Waals surface area contributed by atoms with E-state index in [0.29, 0.717) is 6.42 Å². The van der Waals surface area contributed by atoms with Crippen LogP contribution in [0.2, 0.25) is 0 Å². The zero-order valence-corrected chi connectivity index (χ0v) is 13.1. The van der Waals surface area contributed by atoms with Crippen LogP contribution in [0.1, 0.15) is 57.4 Å². The van der Waals surface area contributed by atoms with Gasteiger partial charge in [0.15, 0.2) is 6.04 Å². The second-order valence-electron chi connectivity index (χ2n) is 5.54. The fourth-order valence-electron chi connectivity index (χ4n) is 2.30. The molecule has 4 heteroatoms. The Bertz CT molecular complexity index is 446. The van der Waals surface area contributed by atoms with E-state index in [0.717, 1.165) is 24.1 Å². The van der Waals surface area contributed by atoms with Crippen LogP contribution in [-0.2, 0) is 4.79 Å². The summed E-state index contributed by atoms with van der Waals surface area (Å²) < 4.78 is 0. The largest absolute Gasteiger partial charge is 0.324 e. The van der Waals surface area contributed by atoms with Crippen molar-refractivity contribution >= 4 is 11.6 Å². The van der Waals surface area contributed by atoms with Gasteiger partial charge in [0, 0.05) is 5.69 Å². The highest BCUT2D eigenvalue weighted by Gasteiger charge is 2.18. The minimum Gasteiger partial charge on any atom is -0.324 e. The number of aryl methyl sites for hydroxylation is 1. The van der Waals surface area contributed by atoms with E-state index in [9.17, 15) is 9.70 Å². The van der Waals surface area contributed by atoms with Gasteiger partial charge < -0.3 is 5.32 Å². The number of carbonyl (C=O) groups excluding carboxylic acids is 1. The van der Waals surface area contributed by atoms with Crippen molar-refractivity contribution in [2.45, 2.75) is 64.8 Å². The summed E-state index contributed by atoms with van der Waals surface area (Å²) in [6, 6.07) is 6.75. The highest BCUT2D eigenvalue weighted by molar-refractivity contribution is 5.94. The van der Waals surface area contributed by atoms with Crippen LogP contribution in [0.5, 0.6) is 0 Å². The molecule has 0 fully saturated rings. The average molecular weight is 290 g/mol. The van der Waals surface area contributed by atoms with Crippen LogP contribution in [0.15, 0.2) is 29.4 Å². The van der Waals surface area contributed by atoms with Crippen molar-refractivity contribution in [2.75, 3.05) is 5.32 Å². The van der Waals surface area contributed by atoms with Gasteiger partial charge >= 0.3 is 0 Å². The summed E-state index contributed by atoms with van der Waals surface area (Å²) in [6.07, 6.45) is 7.34. The van der Waals surface area contributed by atoms with Gasteiger partial charge in [-0.25, -0.2) is 0 Å². The van der Waals surface area contributed by atoms with Gasteiger partial charge in [-0.05, 0) is 31.0 Å². The van der Waals surface area contributed by atoms with Crippen LogP contribution in [-0.4, -0.2) is 11.9 Å². The van der Waals surface area contributed by atoms with E-state index in [1.54, 1.807) is 0 Å². The lowest BCUT2D eigenvalue weighted by Crippen LogP contribution is -2.25. The lowest BCUT2D eigenvalue weighted by Gasteiger charge is -2.10. The number of hydrogen-bond acceptors (Lipinski definition) is 3. The average Bonchev–Trinajstić information content (AvgIpc) is 2.46. The molecule has 1 N–H and O–H groups in total. The second kappa shape index (κ2) is 10.1. The molecule has 4 nitrogen and oxygen atoms in total. The molecule has 0 spiro atoms. The van der Waals surface area contributed by atoms with Gasteiger partial charge in [-0.15, -0.1) is 4.91 Å². The Labute approximate surface area is 127 Å². The molecule has 1 rings (SSSR count). The number of nitrogens with one attached hydrogen (secondary N) is 1. The normalized spacial score (nSPS) is 11.9. The molecule has 1 atom stereocenters. The van der Waals surface area contributed by atoms with Gasteiger partial charge in [-0.1, -0.05) is 62.8 Å². The van der Waals surface area contributed by atoms with E-state index < -0.39 is 6.04 Å². The molecular weight excluding hydrogens is 264 g/mol. The second-order valence-corrected chi connectivity index (χ2v) is 5.54. The summed E-state index contributed by atoms with van der Waals surface area (Å²) in [4.78, 5) is 22.9. The molecular formula is C17H26N2O2. The summed E-state index contributed by atoms with van der Waals surface area (Å²) in [7, 11) is 0. The molecule has 0 aliphatic rings. The van der Waals surface area contributed by atoms with Crippen molar-refractivity contribution < 1.29 is 4.79 Å². The van der Waals surface area contributed by atoms with Gasteiger partial charge in [0.1, 0.15) is 0 Å². The Balaban J connectivity index is 2.34. The highest BCUT2D eigenvalue weighted by atomic mass is 16.3. The third kappa shape index (κ3) is 7.02. The summed E-state index contributed by atoms with van der Waals surface area (Å²) in [5, 5.41) is 5.74. The van der Waals surface area contributed by atoms with Gasteiger partial charge in [-0.2, -0.15) is 0 Å². The van der Waals surface area contributed by atoms with Crippen LogP contribution in [0.3, 0.4) is 0 Å². The Morgan fingerprint density at radius 3 is 2.57 bits per heavy atom. The van der Waals surface area contributed by atoms with Crippen molar-refractivity contribution in [2.24, 2.45) is 5.18 Å². The Morgan fingerprint density at radius 1 is 1.19 bits per heavy atom. The van der Waals surface area contributed by atoms with Gasteiger partial charge in [-0.3, -0.25) is 4.79 Å². The molecule has 0 aliphatic heterocycles.